The van der Waals surface area contributed by atoms with Gasteiger partial charge in [0.15, 0.2) is 10.9 Å². The Kier molecular flexibility index (Phi) is 5.12. The van der Waals surface area contributed by atoms with E-state index in [2.05, 4.69) is 4.98 Å². The lowest BCUT2D eigenvalue weighted by Crippen LogP contribution is -2.25. The summed E-state index contributed by atoms with van der Waals surface area (Å²) in [7, 11) is 0. The van der Waals surface area contributed by atoms with Crippen molar-refractivity contribution in [3.05, 3.63) is 94.7 Å². The Morgan fingerprint density at radius 1 is 1.07 bits per heavy atom. The Hall–Kier alpha value is -3.12. The van der Waals surface area contributed by atoms with E-state index in [1.807, 2.05) is 49.4 Å². The van der Waals surface area contributed by atoms with Gasteiger partial charge in [-0.25, -0.2) is 4.98 Å². The molecule has 0 radical (unpaired) electrons. The van der Waals surface area contributed by atoms with Crippen LogP contribution in [0.3, 0.4) is 0 Å². The van der Waals surface area contributed by atoms with E-state index < -0.39 is 5.25 Å². The van der Waals surface area contributed by atoms with Gasteiger partial charge < -0.3 is 4.42 Å². The molecule has 5 nitrogen and oxygen atoms in total. The zero-order chi connectivity index (χ0) is 19.5. The van der Waals surface area contributed by atoms with E-state index in [1.165, 1.54) is 11.8 Å². The molecule has 0 unspecified atom stereocenters. The number of hydrogen-bond acceptors (Lipinski definition) is 5. The van der Waals surface area contributed by atoms with Crippen molar-refractivity contribution in [2.75, 3.05) is 0 Å². The molecule has 1 atom stereocenters. The molecule has 0 spiro atoms. The predicted molar refractivity (Wildman–Crippen MR) is 110 cm³/mol. The molecule has 140 valence electrons. The highest BCUT2D eigenvalue weighted by Gasteiger charge is 2.21. The van der Waals surface area contributed by atoms with Gasteiger partial charge in [-0.3, -0.25) is 14.2 Å². The molecule has 0 aliphatic heterocycles. The minimum Gasteiger partial charge on any atom is -0.467 e. The number of rotatable bonds is 6. The summed E-state index contributed by atoms with van der Waals surface area (Å²) in [4.78, 5) is 30.5. The van der Waals surface area contributed by atoms with Crippen molar-refractivity contribution >= 4 is 28.4 Å². The van der Waals surface area contributed by atoms with E-state index in [4.69, 9.17) is 4.42 Å². The number of nitrogens with zero attached hydrogens (tertiary/aromatic N) is 2. The van der Waals surface area contributed by atoms with Crippen LogP contribution >= 0.6 is 11.8 Å². The van der Waals surface area contributed by atoms with Crippen LogP contribution < -0.4 is 5.56 Å². The Bertz CT molecular complexity index is 1170. The number of aromatic nitrogens is 2. The summed E-state index contributed by atoms with van der Waals surface area (Å²) in [5.41, 5.74) is 1.11. The second-order valence-electron chi connectivity index (χ2n) is 6.37. The fraction of sp³-hybridized carbons (Fsp3) is 0.136. The van der Waals surface area contributed by atoms with Crippen LogP contribution in [0.4, 0.5) is 0 Å². The molecule has 0 saturated heterocycles. The van der Waals surface area contributed by atoms with Crippen molar-refractivity contribution in [2.24, 2.45) is 0 Å². The van der Waals surface area contributed by atoms with E-state index in [0.29, 0.717) is 27.4 Å². The number of benzene rings is 2. The predicted octanol–water partition coefficient (Wildman–Crippen LogP) is 4.40. The number of furan rings is 1. The van der Waals surface area contributed by atoms with Crippen LogP contribution in [0.2, 0.25) is 0 Å². The molecular formula is C22H18N2O3S. The second-order valence-corrected chi connectivity index (χ2v) is 7.68. The van der Waals surface area contributed by atoms with E-state index in [-0.39, 0.29) is 17.9 Å². The van der Waals surface area contributed by atoms with Gasteiger partial charge in [-0.1, -0.05) is 54.2 Å². The summed E-state index contributed by atoms with van der Waals surface area (Å²) < 4.78 is 6.99. The monoisotopic (exact) mass is 390 g/mol. The van der Waals surface area contributed by atoms with Gasteiger partial charge in [0.25, 0.3) is 5.56 Å². The first kappa shape index (κ1) is 18.3. The first-order valence-electron chi connectivity index (χ1n) is 8.91. The number of hydrogen-bond donors (Lipinski definition) is 0. The molecule has 0 saturated carbocycles. The van der Waals surface area contributed by atoms with Gasteiger partial charge in [0.05, 0.1) is 29.0 Å². The lowest BCUT2D eigenvalue weighted by atomic mass is 10.1. The maximum Gasteiger partial charge on any atom is 0.262 e. The highest BCUT2D eigenvalue weighted by atomic mass is 32.2. The molecule has 0 bridgehead atoms. The minimum absolute atomic E-state index is 0.00226. The largest absolute Gasteiger partial charge is 0.467 e. The van der Waals surface area contributed by atoms with Crippen molar-refractivity contribution < 1.29 is 9.21 Å². The van der Waals surface area contributed by atoms with Gasteiger partial charge in [-0.2, -0.15) is 0 Å². The van der Waals surface area contributed by atoms with E-state index in [1.54, 1.807) is 35.1 Å². The molecule has 0 amide bonds. The molecule has 6 heteroatoms. The fourth-order valence-corrected chi connectivity index (χ4v) is 3.97. The van der Waals surface area contributed by atoms with Crippen LogP contribution in [0, 0.1) is 0 Å². The number of fused-ring (bicyclic) bond motifs is 1. The van der Waals surface area contributed by atoms with Crippen LogP contribution in [-0.2, 0) is 6.54 Å². The number of carbonyl (C=O) groups excluding carboxylic acids is 1. The Balaban J connectivity index is 1.74. The van der Waals surface area contributed by atoms with Gasteiger partial charge in [-0.05, 0) is 31.2 Å². The standard InChI is InChI=1S/C22H18N2O3S/c1-15(20(25)16-8-3-2-4-9-16)28-22-23-19-12-6-5-11-18(19)21(26)24(22)14-17-10-7-13-27-17/h2-13,15H,14H2,1H3/t15-/m0/s1. The van der Waals surface area contributed by atoms with E-state index in [0.717, 1.165) is 0 Å². The minimum atomic E-state index is -0.390. The van der Waals surface area contributed by atoms with Gasteiger partial charge >= 0.3 is 0 Å². The topological polar surface area (TPSA) is 65.1 Å². The highest BCUT2D eigenvalue weighted by molar-refractivity contribution is 8.00. The van der Waals surface area contributed by atoms with Crippen LogP contribution in [0.25, 0.3) is 10.9 Å². The zero-order valence-corrected chi connectivity index (χ0v) is 16.1. The van der Waals surface area contributed by atoms with Gasteiger partial charge in [0, 0.05) is 5.56 Å². The molecule has 2 aromatic heterocycles. The normalized spacial score (nSPS) is 12.2. The van der Waals surface area contributed by atoms with Gasteiger partial charge in [0.2, 0.25) is 0 Å². The van der Waals surface area contributed by atoms with Crippen molar-refractivity contribution in [2.45, 2.75) is 23.9 Å². The summed E-state index contributed by atoms with van der Waals surface area (Å²) in [5.74, 6) is 0.653. The Labute approximate surface area is 166 Å². The van der Waals surface area contributed by atoms with Crippen molar-refractivity contribution in [1.82, 2.24) is 9.55 Å². The number of para-hydroxylation sites is 1. The summed E-state index contributed by atoms with van der Waals surface area (Å²) >= 11 is 1.28. The van der Waals surface area contributed by atoms with Crippen molar-refractivity contribution in [3.63, 3.8) is 0 Å². The molecule has 2 aromatic carbocycles. The van der Waals surface area contributed by atoms with E-state index in [9.17, 15) is 9.59 Å². The average Bonchev–Trinajstić information content (AvgIpc) is 3.24. The molecule has 0 aliphatic carbocycles. The third-order valence-electron chi connectivity index (χ3n) is 4.43. The SMILES string of the molecule is C[C@H](Sc1nc2ccccc2c(=O)n1Cc1ccco1)C(=O)c1ccccc1. The number of thioether (sulfide) groups is 1. The Morgan fingerprint density at radius 3 is 2.57 bits per heavy atom. The van der Waals surface area contributed by atoms with Crippen LogP contribution in [0.1, 0.15) is 23.0 Å². The van der Waals surface area contributed by atoms with Crippen LogP contribution in [0.5, 0.6) is 0 Å². The lowest BCUT2D eigenvalue weighted by Gasteiger charge is -2.15. The summed E-state index contributed by atoms with van der Waals surface area (Å²) in [6.07, 6.45) is 1.57. The molecule has 4 rings (SSSR count). The molecule has 4 aromatic rings. The molecule has 2 heterocycles. The second kappa shape index (κ2) is 7.86. The number of ketones is 1. The molecule has 0 N–H and O–H groups in total. The quantitative estimate of drug-likeness (QED) is 0.277. The lowest BCUT2D eigenvalue weighted by molar-refractivity contribution is 0.0994. The number of Topliss-reactive ketones (excluding diaryl/α,β-unsaturated/α-hetero) is 1. The van der Waals surface area contributed by atoms with Crippen LogP contribution in [0.15, 0.2) is 87.4 Å². The average molecular weight is 390 g/mol. The summed E-state index contributed by atoms with van der Waals surface area (Å²) in [6, 6.07) is 20.0. The van der Waals surface area contributed by atoms with Gasteiger partial charge in [-0.15, -0.1) is 0 Å². The first-order chi connectivity index (χ1) is 13.6. The Morgan fingerprint density at radius 2 is 1.82 bits per heavy atom. The first-order valence-corrected chi connectivity index (χ1v) is 9.79. The van der Waals surface area contributed by atoms with Crippen molar-refractivity contribution in [3.8, 4) is 0 Å². The van der Waals surface area contributed by atoms with Crippen molar-refractivity contribution in [1.29, 1.82) is 0 Å². The van der Waals surface area contributed by atoms with Gasteiger partial charge in [0.1, 0.15) is 5.76 Å². The summed E-state index contributed by atoms with van der Waals surface area (Å²) in [5, 5.41) is 0.649. The molecular weight excluding hydrogens is 372 g/mol. The third kappa shape index (κ3) is 3.64. The smallest absolute Gasteiger partial charge is 0.262 e. The van der Waals surface area contributed by atoms with Crippen LogP contribution in [-0.4, -0.2) is 20.6 Å². The molecule has 28 heavy (non-hydrogen) atoms. The zero-order valence-electron chi connectivity index (χ0n) is 15.2. The van der Waals surface area contributed by atoms with E-state index >= 15 is 0 Å². The third-order valence-corrected chi connectivity index (χ3v) is 5.52. The number of carbonyl (C=O) groups is 1. The fourth-order valence-electron chi connectivity index (χ4n) is 2.98. The molecule has 0 fully saturated rings. The maximum absolute atomic E-state index is 13.1. The summed E-state index contributed by atoms with van der Waals surface area (Å²) in [6.45, 7) is 2.09. The highest BCUT2D eigenvalue weighted by Crippen LogP contribution is 2.25. The maximum atomic E-state index is 13.1. The molecule has 0 aliphatic rings.